The van der Waals surface area contributed by atoms with Gasteiger partial charge in [0.15, 0.2) is 5.69 Å². The molecule has 0 aliphatic heterocycles. The van der Waals surface area contributed by atoms with Gasteiger partial charge in [-0.05, 0) is 38.0 Å². The molecule has 180 valence electrons. The number of fused-ring (bicyclic) bond motifs is 1. The van der Waals surface area contributed by atoms with Gasteiger partial charge in [0.25, 0.3) is 17.4 Å². The summed E-state index contributed by atoms with van der Waals surface area (Å²) in [5.74, 6) is -1.90. The highest BCUT2D eigenvalue weighted by molar-refractivity contribution is 7.89. The van der Waals surface area contributed by atoms with Gasteiger partial charge >= 0.3 is 0 Å². The summed E-state index contributed by atoms with van der Waals surface area (Å²) in [6.45, 7) is 7.17. The van der Waals surface area contributed by atoms with Crippen molar-refractivity contribution < 1.29 is 18.0 Å². The molecule has 0 fully saturated rings. The summed E-state index contributed by atoms with van der Waals surface area (Å²) in [6.07, 6.45) is 0. The fourth-order valence-corrected chi connectivity index (χ4v) is 4.66. The lowest BCUT2D eigenvalue weighted by Gasteiger charge is -2.22. The third-order valence-electron chi connectivity index (χ3n) is 5.24. The molecule has 0 radical (unpaired) electrons. The average molecular weight is 486 g/mol. The molecule has 10 nitrogen and oxygen atoms in total. The lowest BCUT2D eigenvalue weighted by Crippen LogP contribution is -2.54. The number of aryl methyl sites for hydroxylation is 2. The Morgan fingerprint density at radius 3 is 2.21 bits per heavy atom. The van der Waals surface area contributed by atoms with Gasteiger partial charge in [0.1, 0.15) is 6.04 Å². The number of carbonyl (C=O) groups excluding carboxylic acids is 2. The zero-order chi connectivity index (χ0) is 25.0. The van der Waals surface area contributed by atoms with Gasteiger partial charge in [0.2, 0.25) is 10.0 Å². The second-order valence-corrected chi connectivity index (χ2v) is 9.83. The van der Waals surface area contributed by atoms with Crippen molar-refractivity contribution in [1.82, 2.24) is 25.4 Å². The Bertz CT molecular complexity index is 1380. The Hall–Kier alpha value is -3.57. The predicted octanol–water partition coefficient (Wildman–Crippen LogP) is 1.49. The predicted molar refractivity (Wildman–Crippen MR) is 127 cm³/mol. The van der Waals surface area contributed by atoms with E-state index < -0.39 is 33.8 Å². The first-order valence-corrected chi connectivity index (χ1v) is 12.2. The van der Waals surface area contributed by atoms with E-state index in [9.17, 15) is 22.8 Å². The smallest absolute Gasteiger partial charge is 0.271 e. The zero-order valence-corrected chi connectivity index (χ0v) is 20.1. The van der Waals surface area contributed by atoms with Crippen molar-refractivity contribution in [2.75, 3.05) is 0 Å². The fourth-order valence-electron chi connectivity index (χ4n) is 3.32. The van der Waals surface area contributed by atoms with Gasteiger partial charge in [-0.1, -0.05) is 49.7 Å². The molecule has 0 spiro atoms. The Morgan fingerprint density at radius 1 is 1.00 bits per heavy atom. The first-order chi connectivity index (χ1) is 16.0. The van der Waals surface area contributed by atoms with Crippen molar-refractivity contribution in [2.24, 2.45) is 5.92 Å². The number of nitrogens with zero attached hydrogens (tertiary/aromatic N) is 2. The lowest BCUT2D eigenvalue weighted by molar-refractivity contribution is -0.124. The molecule has 0 unspecified atom stereocenters. The molecule has 3 aromatic rings. The number of rotatable bonds is 7. The van der Waals surface area contributed by atoms with Crippen LogP contribution in [0.3, 0.4) is 0 Å². The fraction of sp³-hybridized carbons (Fsp3) is 0.304. The summed E-state index contributed by atoms with van der Waals surface area (Å²) in [4.78, 5) is 38.1. The molecule has 1 heterocycles. The van der Waals surface area contributed by atoms with E-state index in [0.29, 0.717) is 10.8 Å². The topological polar surface area (TPSA) is 139 Å². The van der Waals surface area contributed by atoms with Gasteiger partial charge in [0, 0.05) is 11.9 Å². The molecule has 11 heteroatoms. The van der Waals surface area contributed by atoms with Crippen LogP contribution in [0.5, 0.6) is 0 Å². The summed E-state index contributed by atoms with van der Waals surface area (Å²) in [6, 6.07) is 11.6. The molecule has 2 amide bonds. The van der Waals surface area contributed by atoms with Crippen LogP contribution in [0.2, 0.25) is 0 Å². The van der Waals surface area contributed by atoms with E-state index in [0.717, 1.165) is 10.2 Å². The van der Waals surface area contributed by atoms with E-state index >= 15 is 0 Å². The number of hydrazine groups is 1. The monoisotopic (exact) mass is 485 g/mol. The van der Waals surface area contributed by atoms with Crippen LogP contribution >= 0.6 is 0 Å². The van der Waals surface area contributed by atoms with Gasteiger partial charge in [0.05, 0.1) is 10.3 Å². The van der Waals surface area contributed by atoms with Crippen molar-refractivity contribution >= 4 is 32.6 Å². The summed E-state index contributed by atoms with van der Waals surface area (Å²) in [7, 11) is -3.97. The van der Waals surface area contributed by atoms with Crippen molar-refractivity contribution in [1.29, 1.82) is 0 Å². The van der Waals surface area contributed by atoms with Crippen LogP contribution in [0.4, 0.5) is 0 Å². The van der Waals surface area contributed by atoms with Crippen LogP contribution in [0.25, 0.3) is 10.8 Å². The maximum atomic E-state index is 12.8. The van der Waals surface area contributed by atoms with Gasteiger partial charge in [-0.3, -0.25) is 25.2 Å². The van der Waals surface area contributed by atoms with Gasteiger partial charge in [-0.2, -0.15) is 9.82 Å². The maximum Gasteiger partial charge on any atom is 0.290 e. The Labute approximate surface area is 197 Å². The third-order valence-corrected chi connectivity index (χ3v) is 6.70. The molecule has 2 aromatic carbocycles. The minimum absolute atomic E-state index is 0.0260. The lowest BCUT2D eigenvalue weighted by atomic mass is 10.1. The summed E-state index contributed by atoms with van der Waals surface area (Å²) < 4.78 is 29.1. The van der Waals surface area contributed by atoms with E-state index in [2.05, 4.69) is 20.7 Å². The second-order valence-electron chi connectivity index (χ2n) is 8.11. The number of sulfonamides is 1. The summed E-state index contributed by atoms with van der Waals surface area (Å²) in [5, 5.41) is 4.77. The summed E-state index contributed by atoms with van der Waals surface area (Å²) >= 11 is 0. The van der Waals surface area contributed by atoms with E-state index in [-0.39, 0.29) is 22.7 Å². The quantitative estimate of drug-likeness (QED) is 0.433. The zero-order valence-electron chi connectivity index (χ0n) is 19.3. The molecular weight excluding hydrogens is 458 g/mol. The largest absolute Gasteiger partial charge is 0.290 e. The van der Waals surface area contributed by atoms with Gasteiger partial charge < -0.3 is 0 Å². The first kappa shape index (κ1) is 25.1. The Kier molecular flexibility index (Phi) is 7.48. The molecule has 1 aromatic heterocycles. The molecule has 0 aliphatic rings. The van der Waals surface area contributed by atoms with Crippen LogP contribution in [-0.4, -0.2) is 36.1 Å². The molecular formula is C23H27N5O5S. The van der Waals surface area contributed by atoms with Crippen molar-refractivity contribution in [3.63, 3.8) is 0 Å². The van der Waals surface area contributed by atoms with E-state index in [1.54, 1.807) is 57.2 Å². The second kappa shape index (κ2) is 10.1. The Morgan fingerprint density at radius 2 is 1.62 bits per heavy atom. The van der Waals surface area contributed by atoms with Crippen molar-refractivity contribution in [3.05, 3.63) is 70.1 Å². The number of amides is 2. The molecule has 3 N–H and O–H groups in total. The number of carbonyl (C=O) groups is 2. The van der Waals surface area contributed by atoms with Crippen LogP contribution in [-0.2, 0) is 21.4 Å². The van der Waals surface area contributed by atoms with Crippen LogP contribution in [0, 0.1) is 12.8 Å². The van der Waals surface area contributed by atoms with Crippen LogP contribution in [0.15, 0.2) is 58.2 Å². The van der Waals surface area contributed by atoms with Crippen LogP contribution in [0.1, 0.15) is 36.8 Å². The number of benzene rings is 2. The highest BCUT2D eigenvalue weighted by Crippen LogP contribution is 2.14. The minimum Gasteiger partial charge on any atom is -0.271 e. The van der Waals surface area contributed by atoms with Gasteiger partial charge in [-0.15, -0.1) is 0 Å². The van der Waals surface area contributed by atoms with E-state index in [1.165, 1.54) is 12.1 Å². The number of aromatic nitrogens is 2. The number of hydrogen-bond donors (Lipinski definition) is 3. The normalized spacial score (nSPS) is 12.5. The number of nitrogens with one attached hydrogen (secondary N) is 3. The molecule has 0 saturated heterocycles. The third kappa shape index (κ3) is 5.32. The maximum absolute atomic E-state index is 12.8. The number of hydrogen-bond acceptors (Lipinski definition) is 6. The minimum atomic E-state index is -3.97. The van der Waals surface area contributed by atoms with E-state index in [1.807, 2.05) is 6.92 Å². The highest BCUT2D eigenvalue weighted by Gasteiger charge is 2.29. The first-order valence-electron chi connectivity index (χ1n) is 10.7. The Balaban J connectivity index is 1.79. The molecule has 34 heavy (non-hydrogen) atoms. The van der Waals surface area contributed by atoms with Crippen LogP contribution < -0.4 is 21.1 Å². The molecule has 0 aliphatic carbocycles. The molecule has 1 atom stereocenters. The molecule has 0 saturated carbocycles. The van der Waals surface area contributed by atoms with E-state index in [4.69, 9.17) is 0 Å². The molecule has 3 rings (SSSR count). The van der Waals surface area contributed by atoms with Crippen molar-refractivity contribution in [3.8, 4) is 0 Å². The highest BCUT2D eigenvalue weighted by atomic mass is 32.2. The molecule has 0 bridgehead atoms. The van der Waals surface area contributed by atoms with Gasteiger partial charge in [-0.25, -0.2) is 13.1 Å². The average Bonchev–Trinajstić information content (AvgIpc) is 2.81. The SMILES string of the molecule is CCn1nc(C(=O)NNC(=O)[C@@H](NS(=O)(=O)c2ccc(C)cc2)C(C)C)c2ccccc2c1=O. The summed E-state index contributed by atoms with van der Waals surface area (Å²) in [5.41, 5.74) is 5.07. The van der Waals surface area contributed by atoms with Crippen molar-refractivity contribution in [2.45, 2.75) is 45.2 Å². The standard InChI is InChI=1S/C23H27N5O5S/c1-5-28-23(31)18-9-7-6-8-17(18)20(26-28)22(30)25-24-21(29)19(14(2)3)27-34(32,33)16-12-10-15(4)11-13-16/h6-14,19,27H,5H2,1-4H3,(H,24,29)(H,25,30)/t19-/m0/s1.